The minimum absolute atomic E-state index is 0.793. The third kappa shape index (κ3) is 9.34. The first-order valence-corrected chi connectivity index (χ1v) is 9.32. The Morgan fingerprint density at radius 3 is 1.96 bits per heavy atom. The molecular weight excluding hydrogens is 294 g/mol. The average molecular weight is 330 g/mol. The van der Waals surface area contributed by atoms with Crippen molar-refractivity contribution in [2.45, 2.75) is 67.2 Å². The van der Waals surface area contributed by atoms with Crippen molar-refractivity contribution in [3.8, 4) is 5.75 Å². The van der Waals surface area contributed by atoms with E-state index in [1.807, 2.05) is 33.0 Å². The first-order valence-electron chi connectivity index (χ1n) is 9.32. The number of benzene rings is 1. The molecule has 0 aliphatic rings. The Kier molecular flexibility index (Phi) is 13.6. The van der Waals surface area contributed by atoms with Gasteiger partial charge in [0.1, 0.15) is 5.75 Å². The number of rotatable bonds is 6. The Labute approximate surface area is 149 Å². The molecule has 0 bridgehead atoms. The van der Waals surface area contributed by atoms with Crippen LogP contribution in [0.2, 0.25) is 0 Å². The average Bonchev–Trinajstić information content (AvgIpc) is 2.64. The zero-order valence-corrected chi connectivity index (χ0v) is 16.4. The number of pyridine rings is 1. The Bertz CT molecular complexity index is 514. The van der Waals surface area contributed by atoms with Crippen molar-refractivity contribution in [3.63, 3.8) is 0 Å². The molecular formula is C22H35NO. The Balaban J connectivity index is 0.000000405. The highest BCUT2D eigenvalue weighted by atomic mass is 16.5. The van der Waals surface area contributed by atoms with Crippen LogP contribution in [0.4, 0.5) is 0 Å². The molecule has 0 amide bonds. The van der Waals surface area contributed by atoms with Crippen molar-refractivity contribution in [1.82, 2.24) is 4.98 Å². The number of aryl methyl sites for hydroxylation is 3. The highest BCUT2D eigenvalue weighted by Gasteiger charge is 1.94. The van der Waals surface area contributed by atoms with Crippen molar-refractivity contribution in [3.05, 3.63) is 59.4 Å². The molecule has 1 aromatic heterocycles. The molecule has 2 heteroatoms. The summed E-state index contributed by atoms with van der Waals surface area (Å²) in [7, 11) is 0. The number of hydrogen-bond acceptors (Lipinski definition) is 2. The zero-order valence-electron chi connectivity index (χ0n) is 16.4. The van der Waals surface area contributed by atoms with E-state index in [1.54, 1.807) is 6.20 Å². The van der Waals surface area contributed by atoms with E-state index in [9.17, 15) is 0 Å². The standard InChI is InChI=1S/C10H15NO.C10H14.C2H6/c1-3-4-5-12-10-6-9(2)7-11-8-10;1-3-9-7-5-6-8-10(9)4-2;1-2/h6-8H,3-5H2,1-2H3;5-8H,3-4H2,1-2H3;1-2H3. The van der Waals surface area contributed by atoms with Crippen molar-refractivity contribution < 1.29 is 4.74 Å². The van der Waals surface area contributed by atoms with Crippen LogP contribution in [0.15, 0.2) is 42.7 Å². The van der Waals surface area contributed by atoms with Gasteiger partial charge in [0, 0.05) is 6.20 Å². The molecule has 0 atom stereocenters. The SMILES string of the molecule is CC.CCCCOc1cncc(C)c1.CCc1ccccc1CC. The maximum Gasteiger partial charge on any atom is 0.137 e. The summed E-state index contributed by atoms with van der Waals surface area (Å²) in [6.07, 6.45) is 8.16. The van der Waals surface area contributed by atoms with Gasteiger partial charge in [-0.25, -0.2) is 0 Å². The molecule has 134 valence electrons. The van der Waals surface area contributed by atoms with Crippen LogP contribution in [0.1, 0.15) is 64.2 Å². The van der Waals surface area contributed by atoms with Gasteiger partial charge in [-0.3, -0.25) is 4.98 Å². The first-order chi connectivity index (χ1) is 11.7. The second-order valence-electron chi connectivity index (χ2n) is 5.38. The highest BCUT2D eigenvalue weighted by Crippen LogP contribution is 2.10. The Morgan fingerprint density at radius 1 is 0.917 bits per heavy atom. The summed E-state index contributed by atoms with van der Waals surface area (Å²) in [5.41, 5.74) is 4.12. The highest BCUT2D eigenvalue weighted by molar-refractivity contribution is 5.26. The molecule has 0 N–H and O–H groups in total. The molecule has 0 aliphatic heterocycles. The summed E-state index contributed by atoms with van der Waals surface area (Å²) in [5.74, 6) is 0.878. The van der Waals surface area contributed by atoms with Gasteiger partial charge in [0.15, 0.2) is 0 Å². The molecule has 0 aliphatic carbocycles. The maximum absolute atomic E-state index is 5.46. The minimum atomic E-state index is 0.793. The van der Waals surface area contributed by atoms with Gasteiger partial charge in [-0.05, 0) is 48.9 Å². The lowest BCUT2D eigenvalue weighted by atomic mass is 10.0. The van der Waals surface area contributed by atoms with E-state index in [-0.39, 0.29) is 0 Å². The largest absolute Gasteiger partial charge is 0.492 e. The summed E-state index contributed by atoms with van der Waals surface area (Å²) in [5, 5.41) is 0. The van der Waals surface area contributed by atoms with Gasteiger partial charge < -0.3 is 4.74 Å². The third-order valence-electron chi connectivity index (χ3n) is 3.50. The fourth-order valence-corrected chi connectivity index (χ4v) is 2.19. The summed E-state index contributed by atoms with van der Waals surface area (Å²) < 4.78 is 5.46. The van der Waals surface area contributed by atoms with Crippen LogP contribution in [-0.4, -0.2) is 11.6 Å². The molecule has 1 heterocycles. The summed E-state index contributed by atoms with van der Waals surface area (Å²) >= 11 is 0. The second-order valence-corrected chi connectivity index (χ2v) is 5.38. The van der Waals surface area contributed by atoms with Gasteiger partial charge in [-0.2, -0.15) is 0 Å². The van der Waals surface area contributed by atoms with Crippen molar-refractivity contribution in [1.29, 1.82) is 0 Å². The maximum atomic E-state index is 5.46. The lowest BCUT2D eigenvalue weighted by Crippen LogP contribution is -1.96. The monoisotopic (exact) mass is 329 g/mol. The molecule has 2 aromatic rings. The fourth-order valence-electron chi connectivity index (χ4n) is 2.19. The minimum Gasteiger partial charge on any atom is -0.492 e. The molecule has 0 saturated heterocycles. The van der Waals surface area contributed by atoms with E-state index in [1.165, 1.54) is 17.5 Å². The van der Waals surface area contributed by atoms with Crippen LogP contribution in [0.5, 0.6) is 5.75 Å². The van der Waals surface area contributed by atoms with Crippen LogP contribution in [0.3, 0.4) is 0 Å². The predicted octanol–water partition coefficient (Wildman–Crippen LogP) is 6.41. The van der Waals surface area contributed by atoms with E-state index in [4.69, 9.17) is 4.74 Å². The van der Waals surface area contributed by atoms with E-state index in [0.29, 0.717) is 0 Å². The van der Waals surface area contributed by atoms with Crippen LogP contribution >= 0.6 is 0 Å². The lowest BCUT2D eigenvalue weighted by Gasteiger charge is -2.04. The smallest absolute Gasteiger partial charge is 0.137 e. The molecule has 0 radical (unpaired) electrons. The molecule has 0 fully saturated rings. The number of unbranched alkanes of at least 4 members (excludes halogenated alkanes) is 1. The van der Waals surface area contributed by atoms with Gasteiger partial charge in [0.2, 0.25) is 0 Å². The van der Waals surface area contributed by atoms with Gasteiger partial charge >= 0.3 is 0 Å². The number of ether oxygens (including phenoxy) is 1. The van der Waals surface area contributed by atoms with Crippen LogP contribution in [0, 0.1) is 6.92 Å². The fraction of sp³-hybridized carbons (Fsp3) is 0.500. The molecule has 2 rings (SSSR count). The van der Waals surface area contributed by atoms with E-state index < -0.39 is 0 Å². The molecule has 0 spiro atoms. The number of hydrogen-bond donors (Lipinski definition) is 0. The van der Waals surface area contributed by atoms with Crippen LogP contribution in [-0.2, 0) is 12.8 Å². The van der Waals surface area contributed by atoms with E-state index in [0.717, 1.165) is 37.2 Å². The van der Waals surface area contributed by atoms with Gasteiger partial charge in [-0.15, -0.1) is 0 Å². The summed E-state index contributed by atoms with van der Waals surface area (Å²) in [6, 6.07) is 10.6. The third-order valence-corrected chi connectivity index (χ3v) is 3.50. The first kappa shape index (κ1) is 22.2. The predicted molar refractivity (Wildman–Crippen MR) is 106 cm³/mol. The summed E-state index contributed by atoms with van der Waals surface area (Å²) in [4.78, 5) is 4.04. The zero-order chi connectivity index (χ0) is 18.2. The van der Waals surface area contributed by atoms with E-state index in [2.05, 4.69) is 50.0 Å². The van der Waals surface area contributed by atoms with Crippen LogP contribution < -0.4 is 4.74 Å². The Hall–Kier alpha value is -1.83. The quantitative estimate of drug-likeness (QED) is 0.571. The summed E-state index contributed by atoms with van der Waals surface area (Å²) in [6.45, 7) is 13.4. The van der Waals surface area contributed by atoms with Gasteiger partial charge in [0.25, 0.3) is 0 Å². The Morgan fingerprint density at radius 2 is 1.50 bits per heavy atom. The number of aromatic nitrogens is 1. The molecule has 0 unspecified atom stereocenters. The molecule has 2 nitrogen and oxygen atoms in total. The molecule has 24 heavy (non-hydrogen) atoms. The van der Waals surface area contributed by atoms with Crippen molar-refractivity contribution in [2.75, 3.05) is 6.61 Å². The van der Waals surface area contributed by atoms with E-state index >= 15 is 0 Å². The van der Waals surface area contributed by atoms with Crippen molar-refractivity contribution in [2.24, 2.45) is 0 Å². The van der Waals surface area contributed by atoms with Crippen molar-refractivity contribution >= 4 is 0 Å². The van der Waals surface area contributed by atoms with Crippen LogP contribution in [0.25, 0.3) is 0 Å². The lowest BCUT2D eigenvalue weighted by molar-refractivity contribution is 0.308. The topological polar surface area (TPSA) is 22.1 Å². The normalized spacial score (nSPS) is 9.25. The van der Waals surface area contributed by atoms with Gasteiger partial charge in [-0.1, -0.05) is 65.3 Å². The molecule has 0 saturated carbocycles. The second kappa shape index (κ2) is 14.7. The molecule has 1 aromatic carbocycles. The number of nitrogens with zero attached hydrogens (tertiary/aromatic N) is 1. The van der Waals surface area contributed by atoms with Gasteiger partial charge in [0.05, 0.1) is 12.8 Å².